The fourth-order valence-corrected chi connectivity index (χ4v) is 1.78. The van der Waals surface area contributed by atoms with E-state index >= 15 is 0 Å². The first-order valence-corrected chi connectivity index (χ1v) is 4.69. The first kappa shape index (κ1) is 9.76. The predicted molar refractivity (Wildman–Crippen MR) is 47.4 cm³/mol. The molecule has 2 heterocycles. The predicted octanol–water partition coefficient (Wildman–Crippen LogP) is -0.356. The summed E-state index contributed by atoms with van der Waals surface area (Å²) >= 11 is 5.72. The summed E-state index contributed by atoms with van der Waals surface area (Å²) in [4.78, 5) is 12.8. The van der Waals surface area contributed by atoms with E-state index in [0.717, 1.165) is 0 Å². The van der Waals surface area contributed by atoms with E-state index < -0.39 is 12.3 Å². The highest BCUT2D eigenvalue weighted by atomic mass is 35.5. The summed E-state index contributed by atoms with van der Waals surface area (Å²) in [5, 5.41) is 9.39. The third kappa shape index (κ3) is 1.58. The maximum absolute atomic E-state index is 11.0. The van der Waals surface area contributed by atoms with Crippen molar-refractivity contribution in [1.29, 1.82) is 0 Å². The van der Waals surface area contributed by atoms with E-state index in [9.17, 15) is 9.90 Å². The van der Waals surface area contributed by atoms with Gasteiger partial charge >= 0.3 is 5.97 Å². The van der Waals surface area contributed by atoms with E-state index in [-0.39, 0.29) is 5.03 Å². The van der Waals surface area contributed by atoms with Crippen LogP contribution in [0.5, 0.6) is 0 Å². The number of morpholine rings is 1. The van der Waals surface area contributed by atoms with E-state index in [1.807, 2.05) is 0 Å². The lowest BCUT2D eigenvalue weighted by Gasteiger charge is -2.30. The Morgan fingerprint density at radius 3 is 2.57 bits per heavy atom. The molecule has 14 heavy (non-hydrogen) atoms. The lowest BCUT2D eigenvalue weighted by atomic mass is 10.3. The topological polar surface area (TPSA) is 59.0 Å². The Balaban J connectivity index is 2.18. The molecule has 0 aromatic rings. The van der Waals surface area contributed by atoms with Crippen LogP contribution in [0, 0.1) is 0 Å². The number of nitrogens with zero attached hydrogens (tertiary/aromatic N) is 1. The third-order valence-electron chi connectivity index (χ3n) is 2.21. The molecule has 0 aromatic heterocycles. The highest BCUT2D eigenvalue weighted by Crippen LogP contribution is 2.27. The van der Waals surface area contributed by atoms with Gasteiger partial charge in [0.15, 0.2) is 5.03 Å². The van der Waals surface area contributed by atoms with Gasteiger partial charge in [0.05, 0.1) is 13.2 Å². The molecular formula is C8H10ClNO4. The van der Waals surface area contributed by atoms with Crippen molar-refractivity contribution < 1.29 is 19.4 Å². The molecule has 0 saturated carbocycles. The molecule has 1 N–H and O–H groups in total. The van der Waals surface area contributed by atoms with Crippen LogP contribution in [0.15, 0.2) is 10.7 Å². The largest absolute Gasteiger partial charge is 0.425 e. The minimum absolute atomic E-state index is 0.0283. The second-order valence-electron chi connectivity index (χ2n) is 3.06. The molecular weight excluding hydrogens is 210 g/mol. The zero-order valence-electron chi connectivity index (χ0n) is 7.40. The maximum atomic E-state index is 11.0. The first-order valence-electron chi connectivity index (χ1n) is 4.31. The molecule has 6 heteroatoms. The molecule has 0 bridgehead atoms. The Kier molecular flexibility index (Phi) is 2.62. The minimum atomic E-state index is -1.23. The summed E-state index contributed by atoms with van der Waals surface area (Å²) in [5.41, 5.74) is 0.361. The monoisotopic (exact) mass is 219 g/mol. The van der Waals surface area contributed by atoms with Gasteiger partial charge in [-0.25, -0.2) is 4.79 Å². The molecule has 0 amide bonds. The summed E-state index contributed by atoms with van der Waals surface area (Å²) in [5.74, 6) is -0.666. The average molecular weight is 220 g/mol. The molecule has 2 aliphatic rings. The second-order valence-corrected chi connectivity index (χ2v) is 3.43. The van der Waals surface area contributed by atoms with Crippen LogP contribution in [0.2, 0.25) is 0 Å². The summed E-state index contributed by atoms with van der Waals surface area (Å²) in [6.45, 7) is 2.35. The Morgan fingerprint density at radius 2 is 2.07 bits per heavy atom. The number of carbonyl (C=O) groups excluding carboxylic acids is 1. The van der Waals surface area contributed by atoms with Crippen molar-refractivity contribution >= 4 is 17.6 Å². The van der Waals surface area contributed by atoms with Crippen molar-refractivity contribution in [3.63, 3.8) is 0 Å². The highest BCUT2D eigenvalue weighted by Gasteiger charge is 2.35. The summed E-state index contributed by atoms with van der Waals surface area (Å²) in [6, 6.07) is 0. The molecule has 0 aliphatic carbocycles. The average Bonchev–Trinajstić information content (AvgIpc) is 2.43. The number of ether oxygens (including phenoxy) is 2. The van der Waals surface area contributed by atoms with Gasteiger partial charge in [-0.2, -0.15) is 0 Å². The Bertz CT molecular complexity index is 285. The number of aliphatic hydroxyl groups excluding tert-OH is 1. The van der Waals surface area contributed by atoms with Crippen LogP contribution >= 0.6 is 11.6 Å². The SMILES string of the molecule is O=C1OC(O)C(N2CCOCC2)=C1Cl. The molecule has 78 valence electrons. The van der Waals surface area contributed by atoms with Crippen LogP contribution in [-0.2, 0) is 14.3 Å². The fourth-order valence-electron chi connectivity index (χ4n) is 1.52. The first-order chi connectivity index (χ1) is 6.70. The van der Waals surface area contributed by atoms with Gasteiger partial charge in [-0.15, -0.1) is 0 Å². The molecule has 1 unspecified atom stereocenters. The van der Waals surface area contributed by atoms with Crippen molar-refractivity contribution in [2.24, 2.45) is 0 Å². The summed E-state index contributed by atoms with van der Waals surface area (Å²) in [7, 11) is 0. The van der Waals surface area contributed by atoms with Crippen LogP contribution in [0.4, 0.5) is 0 Å². The number of rotatable bonds is 1. The fraction of sp³-hybridized carbons (Fsp3) is 0.625. The number of hydrogen-bond donors (Lipinski definition) is 1. The molecule has 0 aromatic carbocycles. The van der Waals surface area contributed by atoms with E-state index in [4.69, 9.17) is 16.3 Å². The number of carbonyl (C=O) groups is 1. The molecule has 1 saturated heterocycles. The lowest BCUT2D eigenvalue weighted by Crippen LogP contribution is -2.38. The normalized spacial score (nSPS) is 28.3. The van der Waals surface area contributed by atoms with Crippen molar-refractivity contribution in [3.05, 3.63) is 10.7 Å². The van der Waals surface area contributed by atoms with Crippen molar-refractivity contribution in [1.82, 2.24) is 4.90 Å². The number of aliphatic hydroxyl groups is 1. The third-order valence-corrected chi connectivity index (χ3v) is 2.56. The van der Waals surface area contributed by atoms with E-state index in [1.54, 1.807) is 4.90 Å². The number of esters is 1. The zero-order valence-corrected chi connectivity index (χ0v) is 8.16. The maximum Gasteiger partial charge on any atom is 0.354 e. The minimum Gasteiger partial charge on any atom is -0.425 e. The van der Waals surface area contributed by atoms with Gasteiger partial charge in [-0.1, -0.05) is 11.6 Å². The van der Waals surface area contributed by atoms with Crippen molar-refractivity contribution in [3.8, 4) is 0 Å². The molecule has 0 spiro atoms. The summed E-state index contributed by atoms with van der Waals surface area (Å²) in [6.07, 6.45) is -1.23. The highest BCUT2D eigenvalue weighted by molar-refractivity contribution is 6.42. The van der Waals surface area contributed by atoms with Crippen LogP contribution in [0.25, 0.3) is 0 Å². The van der Waals surface area contributed by atoms with Crippen LogP contribution < -0.4 is 0 Å². The number of cyclic esters (lactones) is 1. The summed E-state index contributed by atoms with van der Waals surface area (Å²) < 4.78 is 9.71. The van der Waals surface area contributed by atoms with Gasteiger partial charge in [0.1, 0.15) is 5.70 Å². The van der Waals surface area contributed by atoms with Crippen LogP contribution in [-0.4, -0.2) is 48.6 Å². The zero-order chi connectivity index (χ0) is 10.1. The van der Waals surface area contributed by atoms with Crippen LogP contribution in [0.3, 0.4) is 0 Å². The van der Waals surface area contributed by atoms with E-state index in [0.29, 0.717) is 32.0 Å². The quantitative estimate of drug-likeness (QED) is 0.611. The molecule has 0 radical (unpaired) electrons. The Morgan fingerprint density at radius 1 is 1.43 bits per heavy atom. The molecule has 1 atom stereocenters. The Labute approximate surface area is 85.8 Å². The molecule has 1 fully saturated rings. The van der Waals surface area contributed by atoms with Crippen molar-refractivity contribution in [2.75, 3.05) is 26.3 Å². The van der Waals surface area contributed by atoms with Crippen molar-refractivity contribution in [2.45, 2.75) is 6.29 Å². The molecule has 2 aliphatic heterocycles. The van der Waals surface area contributed by atoms with Gasteiger partial charge in [-0.3, -0.25) is 0 Å². The number of hydrogen-bond acceptors (Lipinski definition) is 5. The van der Waals surface area contributed by atoms with E-state index in [1.165, 1.54) is 0 Å². The molecule has 5 nitrogen and oxygen atoms in total. The Hall–Kier alpha value is -0.780. The molecule has 2 rings (SSSR count). The number of halogens is 1. The standard InChI is InChI=1S/C8H10ClNO4/c9-5-6(8(12)14-7(5)11)10-1-3-13-4-2-10/h8,12H,1-4H2. The lowest BCUT2D eigenvalue weighted by molar-refractivity contribution is -0.153. The second kappa shape index (κ2) is 3.76. The van der Waals surface area contributed by atoms with Gasteiger partial charge in [-0.05, 0) is 0 Å². The van der Waals surface area contributed by atoms with E-state index in [2.05, 4.69) is 4.74 Å². The van der Waals surface area contributed by atoms with Gasteiger partial charge in [0.25, 0.3) is 0 Å². The van der Waals surface area contributed by atoms with Gasteiger partial charge in [0.2, 0.25) is 6.29 Å². The van der Waals surface area contributed by atoms with Gasteiger partial charge < -0.3 is 19.5 Å². The van der Waals surface area contributed by atoms with Gasteiger partial charge in [0, 0.05) is 13.1 Å². The van der Waals surface area contributed by atoms with Crippen LogP contribution in [0.1, 0.15) is 0 Å². The smallest absolute Gasteiger partial charge is 0.354 e.